The molecular formula is C11H13NO. The maximum absolute atomic E-state index is 9.15. The topological polar surface area (TPSA) is 46.2 Å². The Morgan fingerprint density at radius 2 is 2.00 bits per heavy atom. The highest BCUT2D eigenvalue weighted by Crippen LogP contribution is 2.11. The third-order valence-electron chi connectivity index (χ3n) is 1.74. The molecule has 2 heteroatoms. The molecule has 0 aliphatic carbocycles. The van der Waals surface area contributed by atoms with Gasteiger partial charge in [-0.25, -0.2) is 0 Å². The quantitative estimate of drug-likeness (QED) is 0.547. The lowest BCUT2D eigenvalue weighted by molar-refractivity contribution is 0.428. The second-order valence-electron chi connectivity index (χ2n) is 2.73. The predicted molar refractivity (Wildman–Crippen MR) is 54.3 cm³/mol. The first-order valence-electron chi connectivity index (χ1n) is 4.08. The van der Waals surface area contributed by atoms with Crippen molar-refractivity contribution in [2.24, 2.45) is 5.73 Å². The number of aliphatic hydroxyl groups is 1. The predicted octanol–water partition coefficient (Wildman–Crippen LogP) is 2.31. The second-order valence-corrected chi connectivity index (χ2v) is 2.73. The lowest BCUT2D eigenvalue weighted by Crippen LogP contribution is -2.07. The fourth-order valence-corrected chi connectivity index (χ4v) is 1.02. The molecule has 1 atom stereocenters. The van der Waals surface area contributed by atoms with Gasteiger partial charge in [0, 0.05) is 0 Å². The van der Waals surface area contributed by atoms with Crippen molar-refractivity contribution >= 4 is 0 Å². The number of hydrogen-bond acceptors (Lipinski definition) is 2. The molecule has 0 spiro atoms. The van der Waals surface area contributed by atoms with Gasteiger partial charge < -0.3 is 10.8 Å². The van der Waals surface area contributed by atoms with Crippen LogP contribution in [0.15, 0.2) is 54.8 Å². The highest BCUT2D eigenvalue weighted by Gasteiger charge is 2.01. The van der Waals surface area contributed by atoms with Crippen molar-refractivity contribution in [1.82, 2.24) is 0 Å². The molecule has 0 radical (unpaired) electrons. The molecule has 1 unspecified atom stereocenters. The zero-order valence-corrected chi connectivity index (χ0v) is 7.35. The van der Waals surface area contributed by atoms with E-state index in [1.807, 2.05) is 30.3 Å². The van der Waals surface area contributed by atoms with Crippen LogP contribution in [-0.2, 0) is 0 Å². The number of allylic oxidation sites excluding steroid dienone is 1. The van der Waals surface area contributed by atoms with Crippen LogP contribution in [0.4, 0.5) is 0 Å². The van der Waals surface area contributed by atoms with Crippen molar-refractivity contribution in [3.8, 4) is 0 Å². The molecule has 68 valence electrons. The van der Waals surface area contributed by atoms with E-state index in [-0.39, 0.29) is 11.8 Å². The summed E-state index contributed by atoms with van der Waals surface area (Å²) in [4.78, 5) is 0. The molecule has 0 heterocycles. The summed E-state index contributed by atoms with van der Waals surface area (Å²) >= 11 is 0. The first-order valence-corrected chi connectivity index (χ1v) is 4.08. The molecule has 0 aromatic heterocycles. The first-order chi connectivity index (χ1) is 6.24. The molecule has 13 heavy (non-hydrogen) atoms. The van der Waals surface area contributed by atoms with Crippen LogP contribution in [0.2, 0.25) is 0 Å². The second kappa shape index (κ2) is 4.48. The molecule has 0 fully saturated rings. The van der Waals surface area contributed by atoms with E-state index < -0.39 is 0 Å². The molecule has 1 aromatic carbocycles. The smallest absolute Gasteiger partial charge is 0.112 e. The van der Waals surface area contributed by atoms with E-state index in [1.54, 1.807) is 6.08 Å². The highest BCUT2D eigenvalue weighted by molar-refractivity contribution is 5.24. The van der Waals surface area contributed by atoms with Crippen molar-refractivity contribution < 1.29 is 5.11 Å². The van der Waals surface area contributed by atoms with Gasteiger partial charge in [-0.05, 0) is 17.7 Å². The summed E-state index contributed by atoms with van der Waals surface area (Å²) in [6, 6.07) is 9.30. The highest BCUT2D eigenvalue weighted by atomic mass is 16.3. The fraction of sp³-hybridized carbons (Fsp3) is 0.0909. The zero-order chi connectivity index (χ0) is 9.68. The Morgan fingerprint density at radius 3 is 2.54 bits per heavy atom. The number of nitrogens with two attached hydrogens (primary N) is 1. The Bertz CT molecular complexity index is 303. The maximum Gasteiger partial charge on any atom is 0.112 e. The van der Waals surface area contributed by atoms with Crippen LogP contribution in [0.1, 0.15) is 11.6 Å². The maximum atomic E-state index is 9.15. The Kier molecular flexibility index (Phi) is 3.29. The fourth-order valence-electron chi connectivity index (χ4n) is 1.02. The number of rotatable bonds is 3. The van der Waals surface area contributed by atoms with Crippen molar-refractivity contribution in [3.63, 3.8) is 0 Å². The third-order valence-corrected chi connectivity index (χ3v) is 1.74. The van der Waals surface area contributed by atoms with Crippen LogP contribution in [0, 0.1) is 0 Å². The molecule has 0 aliphatic rings. The van der Waals surface area contributed by atoms with Crippen molar-refractivity contribution in [3.05, 3.63) is 60.4 Å². The molecule has 0 saturated carbocycles. The minimum atomic E-state index is -0.279. The molecule has 0 bridgehead atoms. The summed E-state index contributed by atoms with van der Waals surface area (Å²) in [5.41, 5.74) is 6.76. The molecule has 0 saturated heterocycles. The van der Waals surface area contributed by atoms with Gasteiger partial charge in [0.15, 0.2) is 0 Å². The summed E-state index contributed by atoms with van der Waals surface area (Å²) in [7, 11) is 0. The van der Waals surface area contributed by atoms with E-state index in [0.29, 0.717) is 0 Å². The largest absolute Gasteiger partial charge is 0.508 e. The summed E-state index contributed by atoms with van der Waals surface area (Å²) in [5.74, 6) is 0.108. The van der Waals surface area contributed by atoms with E-state index in [0.717, 1.165) is 5.56 Å². The van der Waals surface area contributed by atoms with E-state index >= 15 is 0 Å². The van der Waals surface area contributed by atoms with Gasteiger partial charge in [0.25, 0.3) is 0 Å². The van der Waals surface area contributed by atoms with Crippen molar-refractivity contribution in [2.75, 3.05) is 0 Å². The summed E-state index contributed by atoms with van der Waals surface area (Å²) in [6.07, 6.45) is 2.92. The number of hydrogen-bond donors (Lipinski definition) is 2. The summed E-state index contributed by atoms with van der Waals surface area (Å²) < 4.78 is 0. The van der Waals surface area contributed by atoms with Gasteiger partial charge in [-0.2, -0.15) is 0 Å². The van der Waals surface area contributed by atoms with Gasteiger partial charge in [0.05, 0.1) is 6.04 Å². The molecule has 1 aromatic rings. The Hall–Kier alpha value is -1.54. The van der Waals surface area contributed by atoms with Crippen LogP contribution in [0.25, 0.3) is 0 Å². The SMILES string of the molecule is C=C/C(O)=C/C(N)c1ccccc1. The van der Waals surface area contributed by atoms with Crippen LogP contribution in [0.5, 0.6) is 0 Å². The average molecular weight is 175 g/mol. The zero-order valence-electron chi connectivity index (χ0n) is 7.35. The van der Waals surface area contributed by atoms with Crippen LogP contribution in [-0.4, -0.2) is 5.11 Å². The summed E-state index contributed by atoms with van der Waals surface area (Å²) in [6.45, 7) is 3.43. The van der Waals surface area contributed by atoms with Crippen molar-refractivity contribution in [2.45, 2.75) is 6.04 Å². The van der Waals surface area contributed by atoms with Gasteiger partial charge in [0.1, 0.15) is 5.76 Å². The van der Waals surface area contributed by atoms with Gasteiger partial charge >= 0.3 is 0 Å². The van der Waals surface area contributed by atoms with E-state index in [4.69, 9.17) is 10.8 Å². The lowest BCUT2D eigenvalue weighted by atomic mass is 10.1. The van der Waals surface area contributed by atoms with Crippen LogP contribution >= 0.6 is 0 Å². The molecular weight excluding hydrogens is 162 g/mol. The average Bonchev–Trinajstić information content (AvgIpc) is 2.19. The van der Waals surface area contributed by atoms with Crippen molar-refractivity contribution in [1.29, 1.82) is 0 Å². The molecule has 3 N–H and O–H groups in total. The molecule has 0 amide bonds. The van der Waals surface area contributed by atoms with Gasteiger partial charge in [-0.15, -0.1) is 0 Å². The normalized spacial score (nSPS) is 13.8. The Labute approximate surface area is 78.0 Å². The monoisotopic (exact) mass is 175 g/mol. The van der Waals surface area contributed by atoms with Crippen LogP contribution < -0.4 is 5.73 Å². The van der Waals surface area contributed by atoms with E-state index in [1.165, 1.54) is 6.08 Å². The minimum Gasteiger partial charge on any atom is -0.508 e. The Morgan fingerprint density at radius 1 is 1.38 bits per heavy atom. The summed E-state index contributed by atoms with van der Waals surface area (Å²) in [5, 5.41) is 9.15. The van der Waals surface area contributed by atoms with Crippen LogP contribution in [0.3, 0.4) is 0 Å². The van der Waals surface area contributed by atoms with Gasteiger partial charge in [0.2, 0.25) is 0 Å². The lowest BCUT2D eigenvalue weighted by Gasteiger charge is -2.06. The third kappa shape index (κ3) is 2.76. The Balaban J connectivity index is 2.80. The number of aliphatic hydroxyl groups excluding tert-OH is 1. The van der Waals surface area contributed by atoms with Gasteiger partial charge in [-0.3, -0.25) is 0 Å². The van der Waals surface area contributed by atoms with Gasteiger partial charge in [-0.1, -0.05) is 36.9 Å². The molecule has 2 nitrogen and oxygen atoms in total. The minimum absolute atomic E-state index is 0.108. The van der Waals surface area contributed by atoms with E-state index in [9.17, 15) is 0 Å². The first kappa shape index (κ1) is 9.55. The standard InChI is InChI=1S/C11H13NO/c1-2-10(13)8-11(12)9-6-4-3-5-7-9/h2-8,11,13H,1,12H2/b10-8-. The van der Waals surface area contributed by atoms with E-state index in [2.05, 4.69) is 6.58 Å². The molecule has 0 aliphatic heterocycles. The number of benzene rings is 1. The molecule has 1 rings (SSSR count).